The van der Waals surface area contributed by atoms with Gasteiger partial charge in [0.1, 0.15) is 17.3 Å². The molecule has 3 aromatic carbocycles. The van der Waals surface area contributed by atoms with Gasteiger partial charge in [0, 0.05) is 21.7 Å². The first kappa shape index (κ1) is 25.4. The van der Waals surface area contributed by atoms with E-state index >= 15 is 0 Å². The Bertz CT molecular complexity index is 1120. The lowest BCUT2D eigenvalue weighted by Crippen LogP contribution is -2.28. The molecule has 10 heteroatoms. The fraction of sp³-hybridized carbons (Fsp3) is 0.174. The molecule has 0 saturated heterocycles. The maximum atomic E-state index is 13.3. The highest BCUT2D eigenvalue weighted by Crippen LogP contribution is 2.42. The minimum Gasteiger partial charge on any atom is -0.481 e. The van der Waals surface area contributed by atoms with Crippen LogP contribution in [0.3, 0.4) is 0 Å². The number of aliphatic carboxylic acids is 1. The highest BCUT2D eigenvalue weighted by atomic mass is 79.9. The van der Waals surface area contributed by atoms with E-state index in [1.54, 1.807) is 6.07 Å². The van der Waals surface area contributed by atoms with Crippen molar-refractivity contribution in [3.63, 3.8) is 0 Å². The summed E-state index contributed by atoms with van der Waals surface area (Å²) in [4.78, 5) is 11.7. The normalized spacial score (nSPS) is 13.5. The molecule has 174 valence electrons. The Balaban J connectivity index is 0.000000196. The van der Waals surface area contributed by atoms with Crippen molar-refractivity contribution < 1.29 is 32.2 Å². The molecule has 0 aliphatic carbocycles. The van der Waals surface area contributed by atoms with Crippen LogP contribution in [0.25, 0.3) is 0 Å². The fourth-order valence-electron chi connectivity index (χ4n) is 3.12. The van der Waals surface area contributed by atoms with Crippen LogP contribution in [0.5, 0.6) is 11.5 Å². The quantitative estimate of drug-likeness (QED) is 0.326. The number of hydrogen-bond acceptors (Lipinski definition) is 3. The smallest absolute Gasteiger partial charge is 0.406 e. The lowest BCUT2D eigenvalue weighted by molar-refractivity contribution is -0.176. The molecule has 1 N–H and O–H groups in total. The van der Waals surface area contributed by atoms with E-state index in [0.717, 1.165) is 28.8 Å². The topological polar surface area (TPSA) is 46.5 Å². The molecule has 0 spiro atoms. The van der Waals surface area contributed by atoms with Crippen LogP contribution in [-0.2, 0) is 11.2 Å². The van der Waals surface area contributed by atoms with Gasteiger partial charge in [0.2, 0.25) is 0 Å². The van der Waals surface area contributed by atoms with E-state index in [1.165, 1.54) is 40.8 Å². The Morgan fingerprint density at radius 1 is 1.12 bits per heavy atom. The zero-order valence-corrected chi connectivity index (χ0v) is 19.9. The third-order valence-electron chi connectivity index (χ3n) is 4.55. The molecular weight excluding hydrogens is 548 g/mol. The van der Waals surface area contributed by atoms with Gasteiger partial charge in [-0.1, -0.05) is 41.9 Å². The molecule has 0 aromatic heterocycles. The van der Waals surface area contributed by atoms with Crippen molar-refractivity contribution in [3.8, 4) is 11.5 Å². The second-order valence-electron chi connectivity index (χ2n) is 6.88. The molecule has 4 rings (SSSR count). The van der Waals surface area contributed by atoms with E-state index in [-0.39, 0.29) is 5.56 Å². The maximum Gasteiger partial charge on any atom is 0.406 e. The van der Waals surface area contributed by atoms with Crippen LogP contribution in [0.2, 0.25) is 5.02 Å². The summed E-state index contributed by atoms with van der Waals surface area (Å²) in [5, 5.41) is 8.76. The fourth-order valence-corrected chi connectivity index (χ4v) is 5.16. The summed E-state index contributed by atoms with van der Waals surface area (Å²) in [5.41, 5.74) is 0.998. The van der Waals surface area contributed by atoms with Crippen molar-refractivity contribution in [3.05, 3.63) is 87.1 Å². The van der Waals surface area contributed by atoms with Crippen molar-refractivity contribution in [1.29, 1.82) is 0 Å². The highest BCUT2D eigenvalue weighted by molar-refractivity contribution is 9.10. The van der Waals surface area contributed by atoms with Gasteiger partial charge < -0.3 is 9.84 Å². The third kappa shape index (κ3) is 6.65. The molecule has 1 aliphatic heterocycles. The number of thioether (sulfide) groups is 1. The number of carboxylic acids is 1. The third-order valence-corrected chi connectivity index (χ3v) is 6.73. The molecule has 33 heavy (non-hydrogen) atoms. The first-order valence-corrected chi connectivity index (χ1v) is 11.6. The van der Waals surface area contributed by atoms with Crippen molar-refractivity contribution in [1.82, 2.24) is 0 Å². The highest BCUT2D eigenvalue weighted by Gasteiger charge is 2.46. The average Bonchev–Trinajstić information content (AvgIpc) is 3.19. The van der Waals surface area contributed by atoms with Crippen LogP contribution in [0.15, 0.2) is 70.0 Å². The van der Waals surface area contributed by atoms with Gasteiger partial charge >= 0.3 is 12.1 Å². The van der Waals surface area contributed by atoms with Crippen molar-refractivity contribution in [2.45, 2.75) is 23.4 Å². The zero-order chi connectivity index (χ0) is 24.2. The monoisotopic (exact) mass is 562 g/mol. The van der Waals surface area contributed by atoms with Crippen LogP contribution in [0.4, 0.5) is 17.6 Å². The predicted octanol–water partition coefficient (Wildman–Crippen LogP) is 8.10. The molecule has 1 heterocycles. The summed E-state index contributed by atoms with van der Waals surface area (Å²) in [6.07, 6.45) is -3.74. The first-order valence-electron chi connectivity index (χ1n) is 9.49. The number of fused-ring (bicyclic) bond motifs is 1. The number of alkyl halides is 3. The Labute approximate surface area is 204 Å². The number of halogens is 6. The first-order chi connectivity index (χ1) is 15.6. The number of carboxylic acid groups (broad SMARTS) is 1. The zero-order valence-electron chi connectivity index (χ0n) is 16.7. The van der Waals surface area contributed by atoms with E-state index in [2.05, 4.69) is 15.9 Å². The van der Waals surface area contributed by atoms with Crippen LogP contribution in [-0.4, -0.2) is 23.0 Å². The lowest BCUT2D eigenvalue weighted by Gasteiger charge is -2.15. The summed E-state index contributed by atoms with van der Waals surface area (Å²) in [7, 11) is 0. The molecule has 0 fully saturated rings. The van der Waals surface area contributed by atoms with E-state index in [4.69, 9.17) is 21.4 Å². The molecule has 3 aromatic rings. The summed E-state index contributed by atoms with van der Waals surface area (Å²) >= 11 is 11.2. The van der Waals surface area contributed by atoms with E-state index in [0.29, 0.717) is 16.5 Å². The van der Waals surface area contributed by atoms with Crippen LogP contribution in [0, 0.1) is 5.82 Å². The number of hydrogen-bond donors (Lipinski definition) is 1. The Morgan fingerprint density at radius 2 is 1.82 bits per heavy atom. The number of benzene rings is 3. The predicted molar refractivity (Wildman–Crippen MR) is 123 cm³/mol. The molecule has 1 atom stereocenters. The SMILES string of the molecule is Fc1cc(Cl)cc(Oc2ccc3c(c2Br)CCS3)c1.O=C(O)C(c1ccccc1)C(F)(F)F. The van der Waals surface area contributed by atoms with Crippen molar-refractivity contribution >= 4 is 45.3 Å². The second-order valence-corrected chi connectivity index (χ2v) is 9.25. The second kappa shape index (κ2) is 10.8. The number of carbonyl (C=O) groups is 1. The number of rotatable bonds is 4. The van der Waals surface area contributed by atoms with Crippen LogP contribution in [0.1, 0.15) is 17.0 Å². The van der Waals surface area contributed by atoms with Gasteiger partial charge in [-0.25, -0.2) is 4.39 Å². The van der Waals surface area contributed by atoms with Crippen molar-refractivity contribution in [2.24, 2.45) is 0 Å². The van der Waals surface area contributed by atoms with Gasteiger partial charge in [-0.05, 0) is 57.7 Å². The summed E-state index contributed by atoms with van der Waals surface area (Å²) < 4.78 is 56.8. The van der Waals surface area contributed by atoms with E-state index in [9.17, 15) is 22.4 Å². The molecule has 0 radical (unpaired) electrons. The molecule has 1 unspecified atom stereocenters. The molecule has 0 bridgehead atoms. The van der Waals surface area contributed by atoms with Gasteiger partial charge in [0.15, 0.2) is 5.92 Å². The largest absolute Gasteiger partial charge is 0.481 e. The van der Waals surface area contributed by atoms with Gasteiger partial charge in [-0.2, -0.15) is 13.2 Å². The molecular formula is C23H16BrClF4O3S. The summed E-state index contributed by atoms with van der Waals surface area (Å²) in [6.45, 7) is 0. The molecule has 3 nitrogen and oxygen atoms in total. The Hall–Kier alpha value is -2.23. The minimum atomic E-state index is -4.76. The minimum absolute atomic E-state index is 0.257. The Morgan fingerprint density at radius 3 is 2.42 bits per heavy atom. The molecule has 1 aliphatic rings. The molecule has 0 saturated carbocycles. The van der Waals surface area contributed by atoms with Gasteiger partial charge in [-0.15, -0.1) is 11.8 Å². The van der Waals surface area contributed by atoms with Gasteiger partial charge in [0.05, 0.1) is 4.47 Å². The standard InChI is InChI=1S/C14H9BrClFOS.C9H7F3O2/c15-14-11-3-4-19-13(11)2-1-12(14)18-10-6-8(16)5-9(17)7-10;10-9(11,12)7(8(13)14)6-4-2-1-3-5-6/h1-2,5-7H,3-4H2;1-5,7H,(H,13,14). The van der Waals surface area contributed by atoms with E-state index in [1.807, 2.05) is 23.9 Å². The average molecular weight is 564 g/mol. The lowest BCUT2D eigenvalue weighted by atomic mass is 9.99. The molecule has 0 amide bonds. The van der Waals surface area contributed by atoms with E-state index < -0.39 is 23.9 Å². The number of ether oxygens (including phenoxy) is 1. The maximum absolute atomic E-state index is 13.3. The summed E-state index contributed by atoms with van der Waals surface area (Å²) in [5.74, 6) is -2.56. The van der Waals surface area contributed by atoms with Crippen LogP contribution >= 0.6 is 39.3 Å². The summed E-state index contributed by atoms with van der Waals surface area (Å²) in [6, 6.07) is 14.7. The van der Waals surface area contributed by atoms with Gasteiger partial charge in [0.25, 0.3) is 0 Å². The Kier molecular flexibility index (Phi) is 8.31. The van der Waals surface area contributed by atoms with Crippen molar-refractivity contribution in [2.75, 3.05) is 5.75 Å². The van der Waals surface area contributed by atoms with Crippen LogP contribution < -0.4 is 4.74 Å². The van der Waals surface area contributed by atoms with Gasteiger partial charge in [-0.3, -0.25) is 4.79 Å².